The molecule has 0 aliphatic rings. The number of aldehydes is 1. The minimum Gasteiger partial charge on any atom is -0.478 e. The molecule has 21 heavy (non-hydrogen) atoms. The molecule has 0 heterocycles. The first kappa shape index (κ1) is 15.1. The Labute approximate surface area is 128 Å². The molecule has 0 N–H and O–H groups in total. The molecule has 0 aliphatic carbocycles. The fraction of sp³-hybridized carbons (Fsp3) is 0.176. The van der Waals surface area contributed by atoms with Crippen LogP contribution in [0.2, 0.25) is 0 Å². The molecule has 0 fully saturated rings. The summed E-state index contributed by atoms with van der Waals surface area (Å²) in [5.41, 5.74) is 1.39. The maximum absolute atomic E-state index is 11.3. The number of hydrogen-bond acceptors (Lipinski definition) is 4. The van der Waals surface area contributed by atoms with Gasteiger partial charge < -0.3 is 4.74 Å². The molecule has 0 radical (unpaired) electrons. The molecule has 106 valence electrons. The fourth-order valence-corrected chi connectivity index (χ4v) is 2.60. The van der Waals surface area contributed by atoms with E-state index in [4.69, 9.17) is 10.00 Å². The minimum absolute atomic E-state index is 0.561. The number of benzene rings is 2. The third kappa shape index (κ3) is 4.11. The molecular weight excluding hydrogens is 282 g/mol. The molecule has 2 aromatic rings. The Morgan fingerprint density at radius 3 is 2.67 bits per heavy atom. The van der Waals surface area contributed by atoms with E-state index in [1.54, 1.807) is 36.0 Å². The molecule has 3 nitrogen and oxygen atoms in total. The van der Waals surface area contributed by atoms with Crippen molar-refractivity contribution in [3.05, 3.63) is 59.7 Å². The Morgan fingerprint density at radius 2 is 2.05 bits per heavy atom. The molecule has 2 aromatic carbocycles. The van der Waals surface area contributed by atoms with Crippen LogP contribution in [0.5, 0.6) is 5.75 Å². The number of ether oxygens (including phenoxy) is 1. The molecule has 1 atom stereocenters. The van der Waals surface area contributed by atoms with Crippen LogP contribution in [0.4, 0.5) is 0 Å². The van der Waals surface area contributed by atoms with Gasteiger partial charge in [0.1, 0.15) is 5.75 Å². The van der Waals surface area contributed by atoms with Gasteiger partial charge in [0.15, 0.2) is 12.4 Å². The van der Waals surface area contributed by atoms with E-state index in [2.05, 4.69) is 6.92 Å². The molecule has 0 saturated heterocycles. The molecule has 0 aromatic heterocycles. The molecule has 0 saturated carbocycles. The lowest BCUT2D eigenvalue weighted by Gasteiger charge is -2.14. The van der Waals surface area contributed by atoms with E-state index < -0.39 is 6.10 Å². The second-order valence-corrected chi connectivity index (χ2v) is 5.65. The van der Waals surface area contributed by atoms with E-state index in [0.29, 0.717) is 11.3 Å². The van der Waals surface area contributed by atoms with Crippen molar-refractivity contribution in [3.63, 3.8) is 0 Å². The lowest BCUT2D eigenvalue weighted by atomic mass is 10.1. The fourth-order valence-electron chi connectivity index (χ4n) is 1.88. The predicted octanol–water partition coefficient (Wildman–Crippen LogP) is 3.99. The number of rotatable bonds is 6. The van der Waals surface area contributed by atoms with Crippen molar-refractivity contribution in [2.45, 2.75) is 17.9 Å². The summed E-state index contributed by atoms with van der Waals surface area (Å²) in [5, 5.41) is 8.77. The van der Waals surface area contributed by atoms with Crippen LogP contribution in [0.1, 0.15) is 24.2 Å². The number of nitriles is 1. The van der Waals surface area contributed by atoms with Crippen molar-refractivity contribution in [2.24, 2.45) is 0 Å². The summed E-state index contributed by atoms with van der Waals surface area (Å²) in [6, 6.07) is 16.6. The van der Waals surface area contributed by atoms with Crippen LogP contribution in [0, 0.1) is 11.3 Å². The van der Waals surface area contributed by atoms with Crippen LogP contribution in [0.15, 0.2) is 53.4 Å². The summed E-state index contributed by atoms with van der Waals surface area (Å²) in [4.78, 5) is 12.4. The van der Waals surface area contributed by atoms with E-state index in [9.17, 15) is 4.79 Å². The van der Waals surface area contributed by atoms with E-state index >= 15 is 0 Å². The highest BCUT2D eigenvalue weighted by molar-refractivity contribution is 7.99. The first-order chi connectivity index (χ1) is 10.3. The zero-order valence-corrected chi connectivity index (χ0v) is 12.5. The van der Waals surface area contributed by atoms with Crippen molar-refractivity contribution in [2.75, 3.05) is 5.75 Å². The van der Waals surface area contributed by atoms with Crippen LogP contribution < -0.4 is 4.74 Å². The molecular formula is C17H15NO2S. The van der Waals surface area contributed by atoms with Crippen LogP contribution in [0.3, 0.4) is 0 Å². The van der Waals surface area contributed by atoms with Gasteiger partial charge in [0.05, 0.1) is 11.6 Å². The highest BCUT2D eigenvalue weighted by atomic mass is 32.2. The first-order valence-electron chi connectivity index (χ1n) is 6.61. The Hall–Kier alpha value is -2.25. The summed E-state index contributed by atoms with van der Waals surface area (Å²) >= 11 is 1.72. The first-order valence-corrected chi connectivity index (χ1v) is 7.60. The number of carbonyl (C=O) groups is 1. The van der Waals surface area contributed by atoms with Gasteiger partial charge >= 0.3 is 0 Å². The van der Waals surface area contributed by atoms with E-state index in [1.807, 2.05) is 30.3 Å². The summed E-state index contributed by atoms with van der Waals surface area (Å²) in [7, 11) is 0. The summed E-state index contributed by atoms with van der Waals surface area (Å²) in [6.07, 6.45) is 0.142. The molecule has 0 amide bonds. The van der Waals surface area contributed by atoms with E-state index in [-0.39, 0.29) is 0 Å². The molecule has 4 heteroatoms. The third-order valence-electron chi connectivity index (χ3n) is 2.87. The quantitative estimate of drug-likeness (QED) is 0.597. The zero-order chi connectivity index (χ0) is 15.1. The predicted molar refractivity (Wildman–Crippen MR) is 83.4 cm³/mol. The summed E-state index contributed by atoms with van der Waals surface area (Å²) < 4.78 is 5.70. The van der Waals surface area contributed by atoms with Gasteiger partial charge in [-0.15, -0.1) is 11.8 Å². The standard InChI is InChI=1S/C17H15NO2S/c1-2-21-16-5-3-4-14(10-16)17(12-19)20-15-8-6-13(11-18)7-9-15/h3-10,12,17H,2H2,1H3. The van der Waals surface area contributed by atoms with Crippen molar-refractivity contribution in [1.29, 1.82) is 5.26 Å². The second kappa shape index (κ2) is 7.51. The van der Waals surface area contributed by atoms with Gasteiger partial charge in [-0.2, -0.15) is 5.26 Å². The van der Waals surface area contributed by atoms with Crippen molar-refractivity contribution in [3.8, 4) is 11.8 Å². The Morgan fingerprint density at radius 1 is 1.29 bits per heavy atom. The van der Waals surface area contributed by atoms with Gasteiger partial charge in [-0.25, -0.2) is 0 Å². The van der Waals surface area contributed by atoms with Crippen LogP contribution in [0.25, 0.3) is 0 Å². The lowest BCUT2D eigenvalue weighted by Crippen LogP contribution is -2.09. The van der Waals surface area contributed by atoms with E-state index in [0.717, 1.165) is 22.5 Å². The smallest absolute Gasteiger partial charge is 0.179 e. The monoisotopic (exact) mass is 297 g/mol. The molecule has 2 rings (SSSR count). The van der Waals surface area contributed by atoms with Gasteiger partial charge in [-0.05, 0) is 42.2 Å². The minimum atomic E-state index is -0.643. The SMILES string of the molecule is CCSc1cccc(C(C=O)Oc2ccc(C#N)cc2)c1. The summed E-state index contributed by atoms with van der Waals surface area (Å²) in [6.45, 7) is 2.09. The van der Waals surface area contributed by atoms with Crippen molar-refractivity contribution in [1.82, 2.24) is 0 Å². The van der Waals surface area contributed by atoms with Crippen molar-refractivity contribution >= 4 is 18.0 Å². The van der Waals surface area contributed by atoms with Crippen LogP contribution in [-0.4, -0.2) is 12.0 Å². The normalized spacial score (nSPS) is 11.4. The second-order valence-electron chi connectivity index (χ2n) is 4.32. The summed E-state index contributed by atoms with van der Waals surface area (Å²) in [5.74, 6) is 1.55. The highest BCUT2D eigenvalue weighted by Gasteiger charge is 2.13. The number of nitrogens with zero attached hydrogens (tertiary/aromatic N) is 1. The molecule has 0 spiro atoms. The number of hydrogen-bond donors (Lipinski definition) is 0. The maximum Gasteiger partial charge on any atom is 0.179 e. The van der Waals surface area contributed by atoms with Gasteiger partial charge in [0, 0.05) is 10.5 Å². The van der Waals surface area contributed by atoms with Gasteiger partial charge in [0.25, 0.3) is 0 Å². The van der Waals surface area contributed by atoms with Gasteiger partial charge in [0.2, 0.25) is 0 Å². The molecule has 0 bridgehead atoms. The Kier molecular flexibility index (Phi) is 5.42. The largest absolute Gasteiger partial charge is 0.478 e. The molecule has 1 unspecified atom stereocenters. The van der Waals surface area contributed by atoms with Crippen molar-refractivity contribution < 1.29 is 9.53 Å². The van der Waals surface area contributed by atoms with Crippen LogP contribution >= 0.6 is 11.8 Å². The Bertz CT molecular complexity index is 647. The van der Waals surface area contributed by atoms with Crippen LogP contribution in [-0.2, 0) is 4.79 Å². The topological polar surface area (TPSA) is 50.1 Å². The Balaban J connectivity index is 2.17. The van der Waals surface area contributed by atoms with Gasteiger partial charge in [-0.1, -0.05) is 19.1 Å². The average molecular weight is 297 g/mol. The van der Waals surface area contributed by atoms with E-state index in [1.165, 1.54) is 0 Å². The lowest BCUT2D eigenvalue weighted by molar-refractivity contribution is -0.113. The molecule has 0 aliphatic heterocycles. The zero-order valence-electron chi connectivity index (χ0n) is 11.7. The van der Waals surface area contributed by atoms with Gasteiger partial charge in [-0.3, -0.25) is 4.79 Å². The third-order valence-corrected chi connectivity index (χ3v) is 3.74. The highest BCUT2D eigenvalue weighted by Crippen LogP contribution is 2.25. The average Bonchev–Trinajstić information content (AvgIpc) is 2.54. The maximum atomic E-state index is 11.3. The number of carbonyl (C=O) groups excluding carboxylic acids is 1. The number of thioether (sulfide) groups is 1.